The molecule has 1 saturated carbocycles. The van der Waals surface area contributed by atoms with E-state index in [-0.39, 0.29) is 17.9 Å². The monoisotopic (exact) mass is 255 g/mol. The maximum Gasteiger partial charge on any atom is 0.242 e. The van der Waals surface area contributed by atoms with E-state index in [0.29, 0.717) is 18.9 Å². The largest absolute Gasteiger partial charge is 0.355 e. The standard InChI is InChI=1S/C13H25N3O2/c1-3-15-13(18)9(2)16-12(17)8-10-5-4-6-11(14)7-10/h9-11H,3-8,14H2,1-2H3,(H,15,18)(H,16,17). The highest BCUT2D eigenvalue weighted by Crippen LogP contribution is 2.25. The van der Waals surface area contributed by atoms with E-state index in [4.69, 9.17) is 5.73 Å². The number of rotatable bonds is 5. The molecule has 0 aromatic rings. The first-order valence-corrected chi connectivity index (χ1v) is 6.85. The molecule has 0 aromatic carbocycles. The highest BCUT2D eigenvalue weighted by molar-refractivity contribution is 5.87. The molecule has 0 aromatic heterocycles. The second-order valence-electron chi connectivity index (χ2n) is 5.18. The Morgan fingerprint density at radius 3 is 2.72 bits per heavy atom. The van der Waals surface area contributed by atoms with E-state index in [2.05, 4.69) is 10.6 Å². The average molecular weight is 255 g/mol. The fourth-order valence-electron chi connectivity index (χ4n) is 2.47. The first-order chi connectivity index (χ1) is 8.52. The highest BCUT2D eigenvalue weighted by atomic mass is 16.2. The lowest BCUT2D eigenvalue weighted by atomic mass is 9.84. The fourth-order valence-corrected chi connectivity index (χ4v) is 2.47. The van der Waals surface area contributed by atoms with Gasteiger partial charge in [-0.15, -0.1) is 0 Å². The van der Waals surface area contributed by atoms with Gasteiger partial charge in [0, 0.05) is 19.0 Å². The lowest BCUT2D eigenvalue weighted by Crippen LogP contribution is -2.45. The third kappa shape index (κ3) is 5.04. The van der Waals surface area contributed by atoms with Gasteiger partial charge in [0.1, 0.15) is 6.04 Å². The molecule has 0 saturated heterocycles. The maximum absolute atomic E-state index is 11.8. The molecule has 0 radical (unpaired) electrons. The van der Waals surface area contributed by atoms with Gasteiger partial charge >= 0.3 is 0 Å². The Balaban J connectivity index is 2.30. The minimum Gasteiger partial charge on any atom is -0.355 e. The predicted molar refractivity (Wildman–Crippen MR) is 70.8 cm³/mol. The van der Waals surface area contributed by atoms with Crippen molar-refractivity contribution >= 4 is 11.8 Å². The minimum atomic E-state index is -0.463. The Morgan fingerprint density at radius 1 is 1.39 bits per heavy atom. The molecule has 0 aliphatic heterocycles. The third-order valence-corrected chi connectivity index (χ3v) is 3.42. The number of amides is 2. The zero-order valence-corrected chi connectivity index (χ0v) is 11.4. The van der Waals surface area contributed by atoms with Crippen LogP contribution >= 0.6 is 0 Å². The molecule has 3 atom stereocenters. The Hall–Kier alpha value is -1.10. The van der Waals surface area contributed by atoms with Crippen LogP contribution in [-0.4, -0.2) is 30.4 Å². The summed E-state index contributed by atoms with van der Waals surface area (Å²) < 4.78 is 0. The van der Waals surface area contributed by atoms with Crippen molar-refractivity contribution in [1.29, 1.82) is 0 Å². The number of carbonyl (C=O) groups is 2. The molecular weight excluding hydrogens is 230 g/mol. The molecule has 1 aliphatic rings. The SMILES string of the molecule is CCNC(=O)C(C)NC(=O)CC1CCCC(N)C1. The molecule has 2 amide bonds. The summed E-state index contributed by atoms with van der Waals surface area (Å²) in [5.74, 6) is 0.189. The molecule has 0 bridgehead atoms. The van der Waals surface area contributed by atoms with Gasteiger partial charge in [-0.05, 0) is 39.0 Å². The van der Waals surface area contributed by atoms with Gasteiger partial charge in [-0.3, -0.25) is 9.59 Å². The van der Waals surface area contributed by atoms with Crippen LogP contribution in [0.15, 0.2) is 0 Å². The molecule has 0 spiro atoms. The molecule has 5 heteroatoms. The second-order valence-corrected chi connectivity index (χ2v) is 5.18. The Bertz CT molecular complexity index is 294. The Labute approximate surface area is 109 Å². The third-order valence-electron chi connectivity index (χ3n) is 3.42. The normalized spacial score (nSPS) is 25.3. The van der Waals surface area contributed by atoms with Crippen molar-refractivity contribution in [2.24, 2.45) is 11.7 Å². The minimum absolute atomic E-state index is 0.0483. The average Bonchev–Trinajstić information content (AvgIpc) is 2.28. The van der Waals surface area contributed by atoms with Gasteiger partial charge in [-0.2, -0.15) is 0 Å². The summed E-state index contributed by atoms with van der Waals surface area (Å²) in [5, 5.41) is 5.42. The van der Waals surface area contributed by atoms with Gasteiger partial charge in [0.25, 0.3) is 0 Å². The zero-order valence-electron chi connectivity index (χ0n) is 11.4. The van der Waals surface area contributed by atoms with Gasteiger partial charge in [0.2, 0.25) is 11.8 Å². The number of nitrogens with one attached hydrogen (secondary N) is 2. The van der Waals surface area contributed by atoms with Crippen molar-refractivity contribution in [2.75, 3.05) is 6.54 Å². The summed E-state index contributed by atoms with van der Waals surface area (Å²) in [4.78, 5) is 23.3. The van der Waals surface area contributed by atoms with Gasteiger partial charge < -0.3 is 16.4 Å². The topological polar surface area (TPSA) is 84.2 Å². The molecule has 104 valence electrons. The summed E-state index contributed by atoms with van der Waals surface area (Å²) in [6.07, 6.45) is 4.63. The van der Waals surface area contributed by atoms with E-state index in [1.165, 1.54) is 0 Å². The fraction of sp³-hybridized carbons (Fsp3) is 0.846. The summed E-state index contributed by atoms with van der Waals surface area (Å²) in [5.41, 5.74) is 5.89. The van der Waals surface area contributed by atoms with Crippen molar-refractivity contribution in [3.8, 4) is 0 Å². The first kappa shape index (κ1) is 15.0. The van der Waals surface area contributed by atoms with Crippen molar-refractivity contribution in [1.82, 2.24) is 10.6 Å². The molecular formula is C13H25N3O2. The van der Waals surface area contributed by atoms with E-state index in [0.717, 1.165) is 25.7 Å². The summed E-state index contributed by atoms with van der Waals surface area (Å²) in [6, 6.07) is -0.230. The molecule has 18 heavy (non-hydrogen) atoms. The summed E-state index contributed by atoms with van der Waals surface area (Å²) in [7, 11) is 0. The smallest absolute Gasteiger partial charge is 0.242 e. The van der Waals surface area contributed by atoms with E-state index in [1.807, 2.05) is 6.92 Å². The van der Waals surface area contributed by atoms with E-state index < -0.39 is 6.04 Å². The number of nitrogens with two attached hydrogens (primary N) is 1. The number of hydrogen-bond donors (Lipinski definition) is 3. The highest BCUT2D eigenvalue weighted by Gasteiger charge is 2.23. The second kappa shape index (κ2) is 7.36. The molecule has 1 aliphatic carbocycles. The molecule has 4 N–H and O–H groups in total. The van der Waals surface area contributed by atoms with Crippen molar-refractivity contribution < 1.29 is 9.59 Å². The molecule has 3 unspecified atom stereocenters. The Morgan fingerprint density at radius 2 is 2.11 bits per heavy atom. The van der Waals surface area contributed by atoms with Crippen molar-refractivity contribution in [2.45, 2.75) is 58.0 Å². The van der Waals surface area contributed by atoms with Crippen LogP contribution in [0, 0.1) is 5.92 Å². The van der Waals surface area contributed by atoms with Gasteiger partial charge in [-0.1, -0.05) is 6.42 Å². The van der Waals surface area contributed by atoms with Crippen LogP contribution in [0.1, 0.15) is 46.0 Å². The molecule has 5 nitrogen and oxygen atoms in total. The number of carbonyl (C=O) groups excluding carboxylic acids is 2. The molecule has 0 heterocycles. The lowest BCUT2D eigenvalue weighted by molar-refractivity contribution is -0.129. The van der Waals surface area contributed by atoms with Gasteiger partial charge in [0.05, 0.1) is 0 Å². The van der Waals surface area contributed by atoms with Gasteiger partial charge in [0.15, 0.2) is 0 Å². The van der Waals surface area contributed by atoms with E-state index >= 15 is 0 Å². The van der Waals surface area contributed by atoms with Crippen LogP contribution in [0.4, 0.5) is 0 Å². The van der Waals surface area contributed by atoms with E-state index in [9.17, 15) is 9.59 Å². The number of likely N-dealkylation sites (N-methyl/N-ethyl adjacent to an activating group) is 1. The predicted octanol–water partition coefficient (Wildman–Crippen LogP) is 0.535. The lowest BCUT2D eigenvalue weighted by Gasteiger charge is -2.26. The van der Waals surface area contributed by atoms with E-state index in [1.54, 1.807) is 6.92 Å². The Kier molecular flexibility index (Phi) is 6.12. The van der Waals surface area contributed by atoms with Crippen LogP contribution in [0.5, 0.6) is 0 Å². The van der Waals surface area contributed by atoms with Crippen molar-refractivity contribution in [3.63, 3.8) is 0 Å². The summed E-state index contributed by atoms with van der Waals surface area (Å²) in [6.45, 7) is 4.14. The van der Waals surface area contributed by atoms with Crippen LogP contribution < -0.4 is 16.4 Å². The number of hydrogen-bond acceptors (Lipinski definition) is 3. The zero-order chi connectivity index (χ0) is 13.5. The van der Waals surface area contributed by atoms with Crippen molar-refractivity contribution in [3.05, 3.63) is 0 Å². The van der Waals surface area contributed by atoms with Crippen LogP contribution in [0.3, 0.4) is 0 Å². The van der Waals surface area contributed by atoms with Crippen LogP contribution in [0.25, 0.3) is 0 Å². The summed E-state index contributed by atoms with van der Waals surface area (Å²) >= 11 is 0. The molecule has 1 rings (SSSR count). The van der Waals surface area contributed by atoms with Crippen LogP contribution in [0.2, 0.25) is 0 Å². The molecule has 1 fully saturated rings. The quantitative estimate of drug-likeness (QED) is 0.670. The van der Waals surface area contributed by atoms with Crippen LogP contribution in [-0.2, 0) is 9.59 Å². The van der Waals surface area contributed by atoms with Gasteiger partial charge in [-0.25, -0.2) is 0 Å². The first-order valence-electron chi connectivity index (χ1n) is 6.85. The maximum atomic E-state index is 11.8.